The number of hydrogen-bond acceptors (Lipinski definition) is 4. The molecule has 1 atom stereocenters. The highest BCUT2D eigenvalue weighted by molar-refractivity contribution is 5.98. The van der Waals surface area contributed by atoms with Gasteiger partial charge in [0.2, 0.25) is 0 Å². The highest BCUT2D eigenvalue weighted by Crippen LogP contribution is 2.36. The van der Waals surface area contributed by atoms with E-state index in [2.05, 4.69) is 10.5 Å². The summed E-state index contributed by atoms with van der Waals surface area (Å²) in [6, 6.07) is -1.15. The predicted molar refractivity (Wildman–Crippen MR) is 69.0 cm³/mol. The normalized spacial score (nSPS) is 13.1. The quantitative estimate of drug-likeness (QED) is 0.629. The van der Waals surface area contributed by atoms with Crippen molar-refractivity contribution in [3.8, 4) is 0 Å². The van der Waals surface area contributed by atoms with Gasteiger partial charge in [0, 0.05) is 0 Å². The van der Waals surface area contributed by atoms with Gasteiger partial charge in [0.15, 0.2) is 6.10 Å². The van der Waals surface area contributed by atoms with Crippen molar-refractivity contribution < 1.29 is 45.5 Å². The number of hydrogen-bond donors (Lipinski definition) is 2. The molecule has 0 saturated heterocycles. The van der Waals surface area contributed by atoms with E-state index in [-0.39, 0.29) is 18.2 Å². The minimum atomic E-state index is -5.15. The van der Waals surface area contributed by atoms with E-state index in [9.17, 15) is 40.7 Å². The van der Waals surface area contributed by atoms with E-state index in [0.29, 0.717) is 0 Å². The van der Waals surface area contributed by atoms with E-state index < -0.39 is 53.1 Å². The second-order valence-electron chi connectivity index (χ2n) is 4.70. The first-order valence-corrected chi connectivity index (χ1v) is 6.32. The molecule has 1 rings (SSSR count). The van der Waals surface area contributed by atoms with Gasteiger partial charge in [0.05, 0.1) is 16.7 Å². The Kier molecular flexibility index (Phi) is 5.66. The number of imide groups is 1. The monoisotopic (exact) mass is 372 g/mol. The third-order valence-corrected chi connectivity index (χ3v) is 2.72. The summed E-state index contributed by atoms with van der Waals surface area (Å²) in [6.07, 6.45) is -12.0. The minimum absolute atomic E-state index is 0.149. The van der Waals surface area contributed by atoms with E-state index >= 15 is 0 Å². The molecule has 0 aliphatic carbocycles. The van der Waals surface area contributed by atoms with E-state index in [0.717, 1.165) is 6.92 Å². The number of urea groups is 1. The fraction of sp³-hybridized carbons (Fsp3) is 0.308. The molecule has 6 nitrogen and oxygen atoms in total. The predicted octanol–water partition coefficient (Wildman–Crippen LogP) is 2.46. The van der Waals surface area contributed by atoms with Crippen LogP contribution in [0, 0.1) is 0 Å². The van der Waals surface area contributed by atoms with Crippen LogP contribution in [0.15, 0.2) is 18.2 Å². The molecule has 138 valence electrons. The minimum Gasteiger partial charge on any atom is -0.449 e. The summed E-state index contributed by atoms with van der Waals surface area (Å²) in [7, 11) is 0. The van der Waals surface area contributed by atoms with E-state index in [4.69, 9.17) is 0 Å². The maximum atomic E-state index is 12.7. The molecule has 12 heteroatoms. The van der Waals surface area contributed by atoms with Crippen LogP contribution in [-0.2, 0) is 21.9 Å². The van der Waals surface area contributed by atoms with Gasteiger partial charge in [-0.2, -0.15) is 26.3 Å². The Balaban J connectivity index is 3.16. The van der Waals surface area contributed by atoms with Crippen molar-refractivity contribution in [3.63, 3.8) is 0 Å². The number of primary amides is 1. The number of alkyl halides is 6. The lowest BCUT2D eigenvalue weighted by molar-refractivity contribution is -0.143. The number of amides is 3. The molecule has 0 aliphatic rings. The average molecular weight is 372 g/mol. The standard InChI is InChI=1S/C13H10F6N2O4/c1-5(9(22)21-11(20)24)25-10(23)6-2-7(12(14,15)16)4-8(3-6)13(17,18)19/h2-5H,1H3,(H3,20,21,22,24)/t5-/m1/s1. The number of benzene rings is 1. The second-order valence-corrected chi connectivity index (χ2v) is 4.70. The van der Waals surface area contributed by atoms with Crippen molar-refractivity contribution in [2.75, 3.05) is 0 Å². The van der Waals surface area contributed by atoms with Crippen molar-refractivity contribution in [2.45, 2.75) is 25.4 Å². The fourth-order valence-corrected chi connectivity index (χ4v) is 1.58. The Hall–Kier alpha value is -2.79. The van der Waals surface area contributed by atoms with Gasteiger partial charge in [-0.3, -0.25) is 10.1 Å². The molecule has 0 saturated carbocycles. The lowest BCUT2D eigenvalue weighted by Gasteiger charge is -2.15. The maximum Gasteiger partial charge on any atom is 0.416 e. The van der Waals surface area contributed by atoms with Gasteiger partial charge in [-0.05, 0) is 25.1 Å². The highest BCUT2D eigenvalue weighted by atomic mass is 19.4. The SMILES string of the molecule is C[C@@H](OC(=O)c1cc(C(F)(F)F)cc(C(F)(F)F)c1)C(=O)NC(N)=O. The first-order valence-electron chi connectivity index (χ1n) is 6.32. The molecule has 0 aromatic heterocycles. The molecule has 3 N–H and O–H groups in total. The summed E-state index contributed by atoms with van der Waals surface area (Å²) in [5, 5.41) is 1.53. The van der Waals surface area contributed by atoms with Crippen LogP contribution < -0.4 is 11.1 Å². The molecule has 0 radical (unpaired) electrons. The van der Waals surface area contributed by atoms with Crippen molar-refractivity contribution in [2.24, 2.45) is 5.73 Å². The molecule has 1 aromatic rings. The van der Waals surface area contributed by atoms with Crippen molar-refractivity contribution >= 4 is 17.9 Å². The zero-order valence-electron chi connectivity index (χ0n) is 12.3. The second kappa shape index (κ2) is 6.99. The molecule has 0 aliphatic heterocycles. The average Bonchev–Trinajstić information content (AvgIpc) is 2.44. The molecule has 1 aromatic carbocycles. The van der Waals surface area contributed by atoms with Crippen molar-refractivity contribution in [3.05, 3.63) is 34.9 Å². The van der Waals surface area contributed by atoms with Crippen molar-refractivity contribution in [1.29, 1.82) is 0 Å². The molecule has 0 fully saturated rings. The summed E-state index contributed by atoms with van der Waals surface area (Å²) in [5.41, 5.74) is 0.141. The summed E-state index contributed by atoms with van der Waals surface area (Å²) >= 11 is 0. The number of halogens is 6. The Bertz CT molecular complexity index is 666. The Morgan fingerprint density at radius 2 is 1.44 bits per heavy atom. The third-order valence-electron chi connectivity index (χ3n) is 2.72. The number of esters is 1. The van der Waals surface area contributed by atoms with Crippen LogP contribution in [0.5, 0.6) is 0 Å². The Morgan fingerprint density at radius 3 is 1.80 bits per heavy atom. The summed E-state index contributed by atoms with van der Waals surface area (Å²) in [5.74, 6) is -2.83. The van der Waals surface area contributed by atoms with E-state index in [1.165, 1.54) is 5.32 Å². The number of nitrogens with one attached hydrogen (secondary N) is 1. The lowest BCUT2D eigenvalue weighted by atomic mass is 10.0. The van der Waals surface area contributed by atoms with Gasteiger partial charge >= 0.3 is 24.4 Å². The van der Waals surface area contributed by atoms with Gasteiger partial charge in [-0.25, -0.2) is 9.59 Å². The topological polar surface area (TPSA) is 98.5 Å². The van der Waals surface area contributed by atoms with E-state index in [1.807, 2.05) is 0 Å². The molecular formula is C13H10F6N2O4. The van der Waals surface area contributed by atoms with Gasteiger partial charge in [-0.1, -0.05) is 0 Å². The van der Waals surface area contributed by atoms with Gasteiger partial charge in [0.25, 0.3) is 5.91 Å². The molecule has 0 heterocycles. The Labute approximate surface area is 135 Å². The molecule has 0 bridgehead atoms. The summed E-state index contributed by atoms with van der Waals surface area (Å²) < 4.78 is 80.6. The van der Waals surface area contributed by atoms with Gasteiger partial charge < -0.3 is 10.5 Å². The van der Waals surface area contributed by atoms with Gasteiger partial charge in [-0.15, -0.1) is 0 Å². The number of rotatable bonds is 3. The van der Waals surface area contributed by atoms with Crippen LogP contribution in [0.4, 0.5) is 31.1 Å². The van der Waals surface area contributed by atoms with Crippen LogP contribution in [0.3, 0.4) is 0 Å². The van der Waals surface area contributed by atoms with Crippen molar-refractivity contribution in [1.82, 2.24) is 5.32 Å². The van der Waals surface area contributed by atoms with Crippen LogP contribution in [-0.4, -0.2) is 24.0 Å². The summed E-state index contributed by atoms with van der Waals surface area (Å²) in [6.45, 7) is 0.939. The lowest BCUT2D eigenvalue weighted by Crippen LogP contribution is -2.42. The molecule has 0 spiro atoms. The first-order chi connectivity index (χ1) is 11.2. The number of carbonyl (C=O) groups is 3. The molecule has 3 amide bonds. The van der Waals surface area contributed by atoms with Crippen LogP contribution in [0.25, 0.3) is 0 Å². The van der Waals surface area contributed by atoms with E-state index in [1.54, 1.807) is 0 Å². The number of ether oxygens (including phenoxy) is 1. The smallest absolute Gasteiger partial charge is 0.416 e. The van der Waals surface area contributed by atoms with Crippen LogP contribution in [0.1, 0.15) is 28.4 Å². The summed E-state index contributed by atoms with van der Waals surface area (Å²) in [4.78, 5) is 33.6. The van der Waals surface area contributed by atoms with Crippen LogP contribution >= 0.6 is 0 Å². The highest BCUT2D eigenvalue weighted by Gasteiger charge is 2.38. The molecular weight excluding hydrogens is 362 g/mol. The fourth-order valence-electron chi connectivity index (χ4n) is 1.58. The van der Waals surface area contributed by atoms with Crippen LogP contribution in [0.2, 0.25) is 0 Å². The Morgan fingerprint density at radius 1 is 1.00 bits per heavy atom. The number of carbonyl (C=O) groups excluding carboxylic acids is 3. The first kappa shape index (κ1) is 20.3. The molecule has 25 heavy (non-hydrogen) atoms. The maximum absolute atomic E-state index is 12.7. The zero-order valence-corrected chi connectivity index (χ0v) is 12.3. The third kappa shape index (κ3) is 5.65. The zero-order chi connectivity index (χ0) is 19.6. The number of nitrogens with two attached hydrogens (primary N) is 1. The van der Waals surface area contributed by atoms with Gasteiger partial charge in [0.1, 0.15) is 0 Å². The largest absolute Gasteiger partial charge is 0.449 e. The molecule has 0 unspecified atom stereocenters.